The molecular weight excluding hydrogens is 390 g/mol. The van der Waals surface area contributed by atoms with Gasteiger partial charge < -0.3 is 17.2 Å². The van der Waals surface area contributed by atoms with Gasteiger partial charge in [-0.15, -0.1) is 0 Å². The zero-order valence-corrected chi connectivity index (χ0v) is 18.9. The predicted octanol–water partition coefficient (Wildman–Crippen LogP) is 4.88. The van der Waals surface area contributed by atoms with Gasteiger partial charge in [-0.1, -0.05) is 96.1 Å². The summed E-state index contributed by atoms with van der Waals surface area (Å²) >= 11 is 0. The van der Waals surface area contributed by atoms with E-state index in [-0.39, 0.29) is 0 Å². The van der Waals surface area contributed by atoms with E-state index in [1.807, 2.05) is 0 Å². The van der Waals surface area contributed by atoms with Gasteiger partial charge in [-0.05, 0) is 47.2 Å². The van der Waals surface area contributed by atoms with Gasteiger partial charge in [0, 0.05) is 25.6 Å². The minimum Gasteiger partial charge on any atom is -0.326 e. The Kier molecular flexibility index (Phi) is 6.43. The minimum absolute atomic E-state index is 0.495. The molecule has 6 N–H and O–H groups in total. The summed E-state index contributed by atoms with van der Waals surface area (Å²) in [4.78, 5) is 0. The van der Waals surface area contributed by atoms with Crippen LogP contribution in [0.3, 0.4) is 0 Å². The topological polar surface area (TPSA) is 78.1 Å². The van der Waals surface area contributed by atoms with Crippen molar-refractivity contribution in [3.63, 3.8) is 0 Å². The molecule has 0 fully saturated rings. The van der Waals surface area contributed by atoms with E-state index < -0.39 is 5.41 Å². The molecule has 3 nitrogen and oxygen atoms in total. The Morgan fingerprint density at radius 3 is 1.31 bits per heavy atom. The number of benzene rings is 3. The quantitative estimate of drug-likeness (QED) is 0.475. The molecule has 32 heavy (non-hydrogen) atoms. The van der Waals surface area contributed by atoms with Gasteiger partial charge in [0.25, 0.3) is 0 Å². The summed E-state index contributed by atoms with van der Waals surface area (Å²) in [6.07, 6.45) is 4.57. The van der Waals surface area contributed by atoms with Crippen LogP contribution in [0, 0.1) is 5.92 Å². The van der Waals surface area contributed by atoms with E-state index in [1.165, 1.54) is 33.8 Å². The van der Waals surface area contributed by atoms with Gasteiger partial charge in [0.05, 0.1) is 5.41 Å². The van der Waals surface area contributed by atoms with E-state index in [0.29, 0.717) is 19.6 Å². The second kappa shape index (κ2) is 9.25. The first-order chi connectivity index (χ1) is 15.5. The number of rotatable bonds is 7. The van der Waals surface area contributed by atoms with Crippen LogP contribution in [0.5, 0.6) is 0 Å². The summed E-state index contributed by atoms with van der Waals surface area (Å²) in [5.41, 5.74) is 27.1. The van der Waals surface area contributed by atoms with Crippen molar-refractivity contribution < 1.29 is 0 Å². The highest BCUT2D eigenvalue weighted by Gasteiger charge is 2.45. The normalized spacial score (nSPS) is 14.4. The summed E-state index contributed by atoms with van der Waals surface area (Å²) < 4.78 is 0. The van der Waals surface area contributed by atoms with E-state index in [0.717, 1.165) is 16.7 Å². The van der Waals surface area contributed by atoms with Crippen LogP contribution in [0.1, 0.15) is 47.2 Å². The van der Waals surface area contributed by atoms with Gasteiger partial charge >= 0.3 is 0 Å². The molecule has 0 spiro atoms. The van der Waals surface area contributed by atoms with Gasteiger partial charge in [0.2, 0.25) is 0 Å². The van der Waals surface area contributed by atoms with Crippen LogP contribution in [0.25, 0.3) is 0 Å². The summed E-state index contributed by atoms with van der Waals surface area (Å²) in [6.45, 7) is 5.84. The fourth-order valence-corrected chi connectivity index (χ4v) is 4.97. The maximum Gasteiger partial charge on any atom is 0.0591 e. The second-order valence-electron chi connectivity index (χ2n) is 8.59. The number of nitrogens with two attached hydrogens (primary N) is 3. The monoisotopic (exact) mass is 422 g/mol. The smallest absolute Gasteiger partial charge is 0.0591 e. The average Bonchev–Trinajstić information content (AvgIpc) is 3.18. The summed E-state index contributed by atoms with van der Waals surface area (Å²) in [6, 6.07) is 26.0. The van der Waals surface area contributed by atoms with Gasteiger partial charge in [-0.2, -0.15) is 0 Å². The van der Waals surface area contributed by atoms with E-state index in [1.54, 1.807) is 0 Å². The Morgan fingerprint density at radius 2 is 1.00 bits per heavy atom. The molecule has 3 aromatic rings. The van der Waals surface area contributed by atoms with Crippen LogP contribution in [-0.2, 0) is 25.0 Å². The molecule has 0 bridgehead atoms. The SMILES string of the molecule is CC1=C[C](C(c2cccc(CN)c2)(c2cccc(CN)c2)c2cccc(CN)c2)C(C)=C1. The van der Waals surface area contributed by atoms with E-state index in [9.17, 15) is 0 Å². The standard InChI is InChI=1S/C29H32N3/c1-20-12-21(2)28(13-20)29(25-9-3-6-22(14-25)17-30,26-10-4-7-23(15-26)18-31)27-11-5-8-24(16-27)19-32/h3-16H,17-19,30-32H2,1-2H3. The lowest BCUT2D eigenvalue weighted by atomic mass is 9.60. The van der Waals surface area contributed by atoms with Gasteiger partial charge in [-0.25, -0.2) is 0 Å². The maximum absolute atomic E-state index is 6.07. The molecule has 0 aromatic heterocycles. The summed E-state index contributed by atoms with van der Waals surface area (Å²) in [5.74, 6) is 1.27. The first-order valence-corrected chi connectivity index (χ1v) is 11.2. The van der Waals surface area contributed by atoms with Gasteiger partial charge in [0.1, 0.15) is 0 Å². The van der Waals surface area contributed by atoms with Crippen molar-refractivity contribution >= 4 is 0 Å². The fourth-order valence-electron chi connectivity index (χ4n) is 4.97. The van der Waals surface area contributed by atoms with Crippen LogP contribution in [0.4, 0.5) is 0 Å². The van der Waals surface area contributed by atoms with Crippen molar-refractivity contribution in [3.8, 4) is 0 Å². The highest BCUT2D eigenvalue weighted by molar-refractivity contribution is 5.67. The highest BCUT2D eigenvalue weighted by Crippen LogP contribution is 2.52. The van der Waals surface area contributed by atoms with Crippen molar-refractivity contribution in [1.82, 2.24) is 0 Å². The van der Waals surface area contributed by atoms with Crippen LogP contribution >= 0.6 is 0 Å². The Hall–Kier alpha value is -2.98. The lowest BCUT2D eigenvalue weighted by Gasteiger charge is -2.41. The number of allylic oxidation sites excluding steroid dienone is 4. The average molecular weight is 423 g/mol. The Morgan fingerprint density at radius 1 is 0.594 bits per heavy atom. The third-order valence-electron chi connectivity index (χ3n) is 6.43. The van der Waals surface area contributed by atoms with Crippen LogP contribution in [0.15, 0.2) is 96.1 Å². The van der Waals surface area contributed by atoms with Gasteiger partial charge in [0.15, 0.2) is 0 Å². The third kappa shape index (κ3) is 3.84. The lowest BCUT2D eigenvalue weighted by molar-refractivity contribution is 0.673. The molecule has 4 rings (SSSR count). The molecule has 0 saturated heterocycles. The molecule has 1 aliphatic rings. The number of hydrogen-bond acceptors (Lipinski definition) is 3. The van der Waals surface area contributed by atoms with Crippen molar-refractivity contribution in [2.75, 3.05) is 0 Å². The number of hydrogen-bond donors (Lipinski definition) is 3. The zero-order chi connectivity index (χ0) is 22.7. The molecule has 0 unspecified atom stereocenters. The Balaban J connectivity index is 2.14. The van der Waals surface area contributed by atoms with Crippen LogP contribution in [0.2, 0.25) is 0 Å². The van der Waals surface area contributed by atoms with Crippen molar-refractivity contribution in [1.29, 1.82) is 0 Å². The minimum atomic E-state index is -0.514. The van der Waals surface area contributed by atoms with Crippen molar-refractivity contribution in [2.45, 2.75) is 38.9 Å². The molecule has 3 heteroatoms. The molecule has 0 amide bonds. The molecule has 163 valence electrons. The predicted molar refractivity (Wildman–Crippen MR) is 134 cm³/mol. The molecule has 0 aliphatic heterocycles. The molecule has 3 aromatic carbocycles. The van der Waals surface area contributed by atoms with Crippen molar-refractivity contribution in [3.05, 3.63) is 135 Å². The Bertz CT molecular complexity index is 1060. The molecular formula is C29H32N3. The highest BCUT2D eigenvalue weighted by atomic mass is 14.5. The van der Waals surface area contributed by atoms with Gasteiger partial charge in [-0.3, -0.25) is 0 Å². The summed E-state index contributed by atoms with van der Waals surface area (Å²) in [5, 5.41) is 0. The van der Waals surface area contributed by atoms with Crippen molar-refractivity contribution in [2.24, 2.45) is 17.2 Å². The second-order valence-corrected chi connectivity index (χ2v) is 8.59. The molecule has 0 heterocycles. The third-order valence-corrected chi connectivity index (χ3v) is 6.43. The largest absolute Gasteiger partial charge is 0.326 e. The molecule has 1 aliphatic carbocycles. The van der Waals surface area contributed by atoms with Crippen LogP contribution < -0.4 is 17.2 Å². The lowest BCUT2D eigenvalue weighted by Crippen LogP contribution is -2.36. The molecule has 0 atom stereocenters. The zero-order valence-electron chi connectivity index (χ0n) is 18.9. The molecule has 0 saturated carbocycles. The first kappa shape index (κ1) is 22.2. The molecule has 1 radical (unpaired) electrons. The maximum atomic E-state index is 6.07. The summed E-state index contributed by atoms with van der Waals surface area (Å²) in [7, 11) is 0. The van der Waals surface area contributed by atoms with E-state index in [4.69, 9.17) is 17.2 Å². The Labute approximate surface area is 191 Å². The van der Waals surface area contributed by atoms with E-state index in [2.05, 4.69) is 98.8 Å². The van der Waals surface area contributed by atoms with Crippen LogP contribution in [-0.4, -0.2) is 0 Å². The fraction of sp³-hybridized carbons (Fsp3) is 0.207. The van der Waals surface area contributed by atoms with E-state index >= 15 is 0 Å². The first-order valence-electron chi connectivity index (χ1n) is 11.2.